The summed E-state index contributed by atoms with van der Waals surface area (Å²) in [6.45, 7) is 1.85. The van der Waals surface area contributed by atoms with Gasteiger partial charge in [-0.05, 0) is 6.42 Å². The molecule has 96 valence electrons. The van der Waals surface area contributed by atoms with Crippen LogP contribution in [-0.2, 0) is 6.42 Å². The molecule has 3 aromatic rings. The summed E-state index contributed by atoms with van der Waals surface area (Å²) in [5, 5.41) is 2.48. The monoisotopic (exact) mass is 256 g/mol. The van der Waals surface area contributed by atoms with Crippen LogP contribution in [0.25, 0.3) is 17.0 Å². The summed E-state index contributed by atoms with van der Waals surface area (Å²) in [5.41, 5.74) is 0.983. The number of aromatic amines is 1. The Hall–Kier alpha value is -2.56. The van der Waals surface area contributed by atoms with E-state index in [0.29, 0.717) is 23.5 Å². The fourth-order valence-corrected chi connectivity index (χ4v) is 2.08. The lowest BCUT2D eigenvalue weighted by Crippen LogP contribution is -2.14. The van der Waals surface area contributed by atoms with Gasteiger partial charge >= 0.3 is 0 Å². The molecule has 5 nitrogen and oxygen atoms in total. The van der Waals surface area contributed by atoms with Gasteiger partial charge in [-0.15, -0.1) is 0 Å². The number of aryl methyl sites for hydroxylation is 1. The standard InChI is InChI=1S/C14H12N2O3/c1-2-10-13(18)15-16-12(17)8-11(19-14(10)16)9-6-4-3-5-7-9/h3-8H,2H2,1H3,(H,15,18). The second-order valence-electron chi connectivity index (χ2n) is 4.23. The molecule has 0 aliphatic carbocycles. The summed E-state index contributed by atoms with van der Waals surface area (Å²) >= 11 is 0. The van der Waals surface area contributed by atoms with Crippen LogP contribution in [-0.4, -0.2) is 9.61 Å². The van der Waals surface area contributed by atoms with E-state index in [4.69, 9.17) is 4.42 Å². The average molecular weight is 256 g/mol. The van der Waals surface area contributed by atoms with Gasteiger partial charge in [0.2, 0.25) is 5.71 Å². The first-order valence-electron chi connectivity index (χ1n) is 6.04. The zero-order chi connectivity index (χ0) is 13.4. The third-order valence-corrected chi connectivity index (χ3v) is 3.04. The highest BCUT2D eigenvalue weighted by atomic mass is 16.3. The Morgan fingerprint density at radius 1 is 1.21 bits per heavy atom. The fourth-order valence-electron chi connectivity index (χ4n) is 2.08. The number of nitrogens with one attached hydrogen (secondary N) is 1. The molecule has 2 heterocycles. The van der Waals surface area contributed by atoms with Crippen LogP contribution in [0.2, 0.25) is 0 Å². The first-order valence-corrected chi connectivity index (χ1v) is 6.04. The topological polar surface area (TPSA) is 67.5 Å². The third kappa shape index (κ3) is 1.79. The van der Waals surface area contributed by atoms with E-state index in [2.05, 4.69) is 5.10 Å². The Labute approximate surface area is 108 Å². The molecule has 2 aromatic heterocycles. The molecule has 0 aliphatic rings. The summed E-state index contributed by atoms with van der Waals surface area (Å²) in [6, 6.07) is 10.7. The number of hydrogen-bond donors (Lipinski definition) is 1. The van der Waals surface area contributed by atoms with E-state index < -0.39 is 0 Å². The van der Waals surface area contributed by atoms with Gasteiger partial charge in [0.25, 0.3) is 11.1 Å². The number of hydrogen-bond acceptors (Lipinski definition) is 3. The highest BCUT2D eigenvalue weighted by molar-refractivity contribution is 5.58. The Bertz CT molecular complexity index is 840. The fraction of sp³-hybridized carbons (Fsp3) is 0.143. The lowest BCUT2D eigenvalue weighted by Gasteiger charge is -2.01. The van der Waals surface area contributed by atoms with Gasteiger partial charge in [-0.2, -0.15) is 4.52 Å². The predicted octanol–water partition coefficient (Wildman–Crippen LogP) is 1.81. The maximum Gasteiger partial charge on any atom is 0.276 e. The molecule has 0 fully saturated rings. The van der Waals surface area contributed by atoms with Crippen LogP contribution < -0.4 is 11.1 Å². The van der Waals surface area contributed by atoms with Crippen LogP contribution in [0.3, 0.4) is 0 Å². The first-order chi connectivity index (χ1) is 9.20. The normalized spacial score (nSPS) is 11.0. The van der Waals surface area contributed by atoms with Crippen molar-refractivity contribution in [3.05, 3.63) is 62.7 Å². The SMILES string of the molecule is CCc1c(=O)[nH]n2c(=O)cc(-c3ccccc3)oc12. The van der Waals surface area contributed by atoms with Crippen molar-refractivity contribution in [3.8, 4) is 11.3 Å². The molecular weight excluding hydrogens is 244 g/mol. The first kappa shape index (κ1) is 11.5. The van der Waals surface area contributed by atoms with E-state index in [1.54, 1.807) is 0 Å². The lowest BCUT2D eigenvalue weighted by atomic mass is 10.2. The molecule has 0 saturated carbocycles. The third-order valence-electron chi connectivity index (χ3n) is 3.04. The smallest absolute Gasteiger partial charge is 0.276 e. The molecule has 0 bridgehead atoms. The van der Waals surface area contributed by atoms with Crippen LogP contribution in [0, 0.1) is 0 Å². The van der Waals surface area contributed by atoms with E-state index in [1.807, 2.05) is 37.3 Å². The predicted molar refractivity (Wildman–Crippen MR) is 71.4 cm³/mol. The molecule has 0 aliphatic heterocycles. The highest BCUT2D eigenvalue weighted by Gasteiger charge is 2.13. The van der Waals surface area contributed by atoms with Crippen molar-refractivity contribution in [3.63, 3.8) is 0 Å². The van der Waals surface area contributed by atoms with Crippen molar-refractivity contribution >= 4 is 5.71 Å². The average Bonchev–Trinajstić information content (AvgIpc) is 2.76. The molecule has 0 unspecified atom stereocenters. The van der Waals surface area contributed by atoms with Crippen molar-refractivity contribution in [2.45, 2.75) is 13.3 Å². The summed E-state index contributed by atoms with van der Waals surface area (Å²) in [5.74, 6) is 0.458. The minimum absolute atomic E-state index is 0.284. The molecule has 1 N–H and O–H groups in total. The van der Waals surface area contributed by atoms with E-state index in [1.165, 1.54) is 6.07 Å². The van der Waals surface area contributed by atoms with Crippen LogP contribution in [0.5, 0.6) is 0 Å². The van der Waals surface area contributed by atoms with Crippen LogP contribution in [0.1, 0.15) is 12.5 Å². The summed E-state index contributed by atoms with van der Waals surface area (Å²) in [7, 11) is 0. The second kappa shape index (κ2) is 4.28. The van der Waals surface area contributed by atoms with E-state index >= 15 is 0 Å². The van der Waals surface area contributed by atoms with Crippen LogP contribution >= 0.6 is 0 Å². The number of aromatic nitrogens is 2. The zero-order valence-corrected chi connectivity index (χ0v) is 10.3. The van der Waals surface area contributed by atoms with E-state index in [-0.39, 0.29) is 11.1 Å². The molecule has 3 rings (SSSR count). The molecule has 19 heavy (non-hydrogen) atoms. The van der Waals surface area contributed by atoms with Crippen molar-refractivity contribution in [1.29, 1.82) is 0 Å². The number of nitrogens with zero attached hydrogens (tertiary/aromatic N) is 1. The minimum Gasteiger partial charge on any atom is -0.438 e. The van der Waals surface area contributed by atoms with Crippen LogP contribution in [0.15, 0.2) is 50.4 Å². The Balaban J connectivity index is 2.36. The second-order valence-corrected chi connectivity index (χ2v) is 4.23. The minimum atomic E-state index is -0.308. The Kier molecular flexibility index (Phi) is 2.59. The molecule has 0 spiro atoms. The number of rotatable bonds is 2. The maximum atomic E-state index is 12.0. The van der Waals surface area contributed by atoms with Gasteiger partial charge in [-0.25, -0.2) is 0 Å². The number of H-pyrrole nitrogens is 1. The van der Waals surface area contributed by atoms with Crippen LogP contribution in [0.4, 0.5) is 0 Å². The van der Waals surface area contributed by atoms with E-state index in [0.717, 1.165) is 10.1 Å². The Morgan fingerprint density at radius 3 is 2.63 bits per heavy atom. The molecule has 0 saturated heterocycles. The van der Waals surface area contributed by atoms with Crippen molar-refractivity contribution in [1.82, 2.24) is 9.61 Å². The van der Waals surface area contributed by atoms with Gasteiger partial charge in [-0.3, -0.25) is 14.7 Å². The van der Waals surface area contributed by atoms with Gasteiger partial charge in [0.15, 0.2) is 0 Å². The van der Waals surface area contributed by atoms with Crippen molar-refractivity contribution in [2.24, 2.45) is 0 Å². The molecule has 5 heteroatoms. The number of fused-ring (bicyclic) bond motifs is 1. The molecule has 1 aromatic carbocycles. The van der Waals surface area contributed by atoms with Crippen molar-refractivity contribution in [2.75, 3.05) is 0 Å². The van der Waals surface area contributed by atoms with E-state index in [9.17, 15) is 9.59 Å². The summed E-state index contributed by atoms with van der Waals surface area (Å²) < 4.78 is 6.85. The maximum absolute atomic E-state index is 12.0. The molecule has 0 radical (unpaired) electrons. The highest BCUT2D eigenvalue weighted by Crippen LogP contribution is 2.19. The van der Waals surface area contributed by atoms with Gasteiger partial charge in [-0.1, -0.05) is 37.3 Å². The van der Waals surface area contributed by atoms with Gasteiger partial charge < -0.3 is 4.42 Å². The molecular formula is C14H12N2O3. The van der Waals surface area contributed by atoms with Gasteiger partial charge in [0, 0.05) is 11.6 Å². The number of benzene rings is 1. The summed E-state index contributed by atoms with van der Waals surface area (Å²) in [4.78, 5) is 23.7. The summed E-state index contributed by atoms with van der Waals surface area (Å²) in [6.07, 6.45) is 0.507. The van der Waals surface area contributed by atoms with Gasteiger partial charge in [0.1, 0.15) is 5.76 Å². The van der Waals surface area contributed by atoms with Gasteiger partial charge in [0.05, 0.1) is 5.56 Å². The van der Waals surface area contributed by atoms with Crippen molar-refractivity contribution < 1.29 is 4.42 Å². The zero-order valence-electron chi connectivity index (χ0n) is 10.3. The Morgan fingerprint density at radius 2 is 1.95 bits per heavy atom. The quantitative estimate of drug-likeness (QED) is 0.760. The largest absolute Gasteiger partial charge is 0.438 e. The lowest BCUT2D eigenvalue weighted by molar-refractivity contribution is 0.574. The molecule has 0 amide bonds. The molecule has 0 atom stereocenters.